The molecule has 1 aliphatic carbocycles. The van der Waals surface area contributed by atoms with E-state index in [0.717, 1.165) is 19.3 Å². The molecule has 98 valence electrons. The quantitative estimate of drug-likeness (QED) is 0.898. The Kier molecular flexibility index (Phi) is 3.07. The molecule has 0 radical (unpaired) electrons. The molecule has 1 atom stereocenters. The molecule has 0 aliphatic heterocycles. The Balaban J connectivity index is 1.79. The van der Waals surface area contributed by atoms with E-state index in [0.29, 0.717) is 11.6 Å². The zero-order chi connectivity index (χ0) is 13.2. The monoisotopic (exact) mass is 256 g/mol. The van der Waals surface area contributed by atoms with E-state index < -0.39 is 0 Å². The van der Waals surface area contributed by atoms with Crippen LogP contribution in [0.25, 0.3) is 0 Å². The predicted molar refractivity (Wildman–Crippen MR) is 70.8 cm³/mol. The van der Waals surface area contributed by atoms with Crippen LogP contribution in [0.3, 0.4) is 0 Å². The first-order valence-corrected chi connectivity index (χ1v) is 6.55. The Hall–Kier alpha value is -2.10. The zero-order valence-electron chi connectivity index (χ0n) is 10.8. The van der Waals surface area contributed by atoms with Crippen molar-refractivity contribution in [3.05, 3.63) is 53.2 Å². The molecule has 1 aliphatic rings. The first-order chi connectivity index (χ1) is 9.24. The Labute approximate surface area is 111 Å². The third-order valence-corrected chi connectivity index (χ3v) is 3.53. The Morgan fingerprint density at radius 2 is 2.26 bits per heavy atom. The number of amides is 1. The predicted octanol–water partition coefficient (Wildman–Crippen LogP) is 2.79. The van der Waals surface area contributed by atoms with Gasteiger partial charge in [-0.25, -0.2) is 4.98 Å². The summed E-state index contributed by atoms with van der Waals surface area (Å²) >= 11 is 0. The van der Waals surface area contributed by atoms with Crippen LogP contribution < -0.4 is 5.32 Å². The maximum absolute atomic E-state index is 12.1. The summed E-state index contributed by atoms with van der Waals surface area (Å²) in [6, 6.07) is 8.36. The second-order valence-electron chi connectivity index (χ2n) is 4.87. The Morgan fingerprint density at radius 3 is 3.05 bits per heavy atom. The van der Waals surface area contributed by atoms with Gasteiger partial charge in [0.25, 0.3) is 5.91 Å². The van der Waals surface area contributed by atoms with Crippen molar-refractivity contribution in [3.63, 3.8) is 0 Å². The summed E-state index contributed by atoms with van der Waals surface area (Å²) in [6.07, 6.45) is 4.56. The highest BCUT2D eigenvalue weighted by Gasteiger charge is 2.22. The number of nitrogens with zero attached hydrogens (tertiary/aromatic N) is 1. The molecule has 3 rings (SSSR count). The molecule has 1 heterocycles. The van der Waals surface area contributed by atoms with E-state index in [9.17, 15) is 4.79 Å². The molecule has 0 unspecified atom stereocenters. The van der Waals surface area contributed by atoms with Gasteiger partial charge < -0.3 is 9.73 Å². The van der Waals surface area contributed by atoms with Crippen LogP contribution in [0, 0.1) is 6.92 Å². The van der Waals surface area contributed by atoms with Gasteiger partial charge in [-0.15, -0.1) is 0 Å². The van der Waals surface area contributed by atoms with Crippen molar-refractivity contribution < 1.29 is 9.21 Å². The number of carbonyl (C=O) groups excluding carboxylic acids is 1. The third kappa shape index (κ3) is 2.38. The minimum absolute atomic E-state index is 0.0782. The number of aromatic nitrogens is 1. The molecule has 0 bridgehead atoms. The molecule has 1 aromatic carbocycles. The second kappa shape index (κ2) is 4.88. The van der Waals surface area contributed by atoms with Gasteiger partial charge in [-0.2, -0.15) is 0 Å². The summed E-state index contributed by atoms with van der Waals surface area (Å²) < 4.78 is 5.07. The van der Waals surface area contributed by atoms with Crippen molar-refractivity contribution >= 4 is 5.91 Å². The van der Waals surface area contributed by atoms with Crippen molar-refractivity contribution in [1.82, 2.24) is 10.3 Å². The van der Waals surface area contributed by atoms with Gasteiger partial charge in [-0.1, -0.05) is 24.3 Å². The number of benzene rings is 1. The summed E-state index contributed by atoms with van der Waals surface area (Å²) in [7, 11) is 0. The molecule has 0 spiro atoms. The SMILES string of the molecule is Cc1nc(C(=O)N[C@H]2CCCc3ccccc32)co1. The van der Waals surface area contributed by atoms with Crippen molar-refractivity contribution in [1.29, 1.82) is 0 Å². The molecule has 4 heteroatoms. The molecule has 4 nitrogen and oxygen atoms in total. The van der Waals surface area contributed by atoms with Crippen LogP contribution in [0.15, 0.2) is 34.9 Å². The Morgan fingerprint density at radius 1 is 1.42 bits per heavy atom. The smallest absolute Gasteiger partial charge is 0.273 e. The number of hydrogen-bond donors (Lipinski definition) is 1. The van der Waals surface area contributed by atoms with Crippen LogP contribution in [-0.2, 0) is 6.42 Å². The minimum Gasteiger partial charge on any atom is -0.448 e. The lowest BCUT2D eigenvalue weighted by molar-refractivity contribution is 0.0927. The number of rotatable bonds is 2. The molecular formula is C15H16N2O2. The van der Waals surface area contributed by atoms with Crippen molar-refractivity contribution in [2.75, 3.05) is 0 Å². The maximum Gasteiger partial charge on any atom is 0.273 e. The maximum atomic E-state index is 12.1. The van der Waals surface area contributed by atoms with Crippen molar-refractivity contribution in [3.8, 4) is 0 Å². The molecule has 0 saturated carbocycles. The standard InChI is InChI=1S/C15H16N2O2/c1-10-16-14(9-19-10)15(18)17-13-8-4-6-11-5-2-3-7-12(11)13/h2-3,5,7,9,13H,4,6,8H2,1H3,(H,17,18)/t13-/m0/s1. The van der Waals surface area contributed by atoms with Crippen molar-refractivity contribution in [2.24, 2.45) is 0 Å². The topological polar surface area (TPSA) is 55.1 Å². The summed E-state index contributed by atoms with van der Waals surface area (Å²) in [5.74, 6) is 0.341. The molecule has 1 aromatic heterocycles. The summed E-state index contributed by atoms with van der Waals surface area (Å²) in [4.78, 5) is 16.2. The average Bonchev–Trinajstić information content (AvgIpc) is 2.86. The van der Waals surface area contributed by atoms with Crippen molar-refractivity contribution in [2.45, 2.75) is 32.2 Å². The Bertz CT molecular complexity index is 604. The highest BCUT2D eigenvalue weighted by Crippen LogP contribution is 2.29. The van der Waals surface area contributed by atoms with E-state index in [4.69, 9.17) is 4.42 Å². The first kappa shape index (κ1) is 12.0. The number of hydrogen-bond acceptors (Lipinski definition) is 3. The molecule has 19 heavy (non-hydrogen) atoms. The van der Waals surface area contributed by atoms with Gasteiger partial charge in [0, 0.05) is 6.92 Å². The van der Waals surface area contributed by atoms with Gasteiger partial charge in [0.2, 0.25) is 0 Å². The summed E-state index contributed by atoms with van der Waals surface area (Å²) in [5.41, 5.74) is 2.90. The lowest BCUT2D eigenvalue weighted by Crippen LogP contribution is -2.31. The van der Waals surface area contributed by atoms with Gasteiger partial charge in [-0.3, -0.25) is 4.79 Å². The number of fused-ring (bicyclic) bond motifs is 1. The number of carbonyl (C=O) groups is 1. The molecule has 2 aromatic rings. The molecule has 1 amide bonds. The fraction of sp³-hybridized carbons (Fsp3) is 0.333. The van der Waals surface area contributed by atoms with Gasteiger partial charge >= 0.3 is 0 Å². The average molecular weight is 256 g/mol. The fourth-order valence-electron chi connectivity index (χ4n) is 2.60. The highest BCUT2D eigenvalue weighted by molar-refractivity contribution is 5.92. The van der Waals surface area contributed by atoms with Gasteiger partial charge in [-0.05, 0) is 30.4 Å². The summed E-state index contributed by atoms with van der Waals surface area (Å²) in [5, 5.41) is 3.04. The first-order valence-electron chi connectivity index (χ1n) is 6.55. The molecule has 0 saturated heterocycles. The van der Waals surface area contributed by atoms with E-state index in [1.54, 1.807) is 6.92 Å². The van der Waals surface area contributed by atoms with E-state index in [1.165, 1.54) is 17.4 Å². The van der Waals surface area contributed by atoms with Crippen LogP contribution in [0.4, 0.5) is 0 Å². The highest BCUT2D eigenvalue weighted by atomic mass is 16.3. The van der Waals surface area contributed by atoms with Crippen LogP contribution in [0.1, 0.15) is 46.4 Å². The largest absolute Gasteiger partial charge is 0.448 e. The lowest BCUT2D eigenvalue weighted by atomic mass is 9.88. The van der Waals surface area contributed by atoms with Crippen LogP contribution >= 0.6 is 0 Å². The van der Waals surface area contributed by atoms with E-state index in [-0.39, 0.29) is 11.9 Å². The van der Waals surface area contributed by atoms with Gasteiger partial charge in [0.15, 0.2) is 11.6 Å². The fourth-order valence-corrected chi connectivity index (χ4v) is 2.60. The van der Waals surface area contributed by atoms with Gasteiger partial charge in [0.1, 0.15) is 6.26 Å². The van der Waals surface area contributed by atoms with E-state index >= 15 is 0 Å². The molecule has 1 N–H and O–H groups in total. The number of oxazole rings is 1. The normalized spacial score (nSPS) is 17.8. The summed E-state index contributed by atoms with van der Waals surface area (Å²) in [6.45, 7) is 1.73. The van der Waals surface area contributed by atoms with E-state index in [2.05, 4.69) is 22.4 Å². The third-order valence-electron chi connectivity index (χ3n) is 3.53. The minimum atomic E-state index is -0.168. The lowest BCUT2D eigenvalue weighted by Gasteiger charge is -2.25. The van der Waals surface area contributed by atoms with Crippen LogP contribution in [-0.4, -0.2) is 10.9 Å². The zero-order valence-corrected chi connectivity index (χ0v) is 10.8. The number of nitrogens with one attached hydrogen (secondary N) is 1. The van der Waals surface area contributed by atoms with Crippen LogP contribution in [0.2, 0.25) is 0 Å². The molecular weight excluding hydrogens is 240 g/mol. The second-order valence-corrected chi connectivity index (χ2v) is 4.87. The van der Waals surface area contributed by atoms with E-state index in [1.807, 2.05) is 12.1 Å². The number of aryl methyl sites for hydroxylation is 2. The van der Waals surface area contributed by atoms with Crippen LogP contribution in [0.5, 0.6) is 0 Å². The van der Waals surface area contributed by atoms with Gasteiger partial charge in [0.05, 0.1) is 6.04 Å². The molecule has 0 fully saturated rings.